The van der Waals surface area contributed by atoms with Crippen molar-refractivity contribution < 1.29 is 27.8 Å². The summed E-state index contributed by atoms with van der Waals surface area (Å²) in [5.41, 5.74) is 3.21. The molecule has 0 radical (unpaired) electrons. The molecule has 0 spiro atoms. The molecule has 1 aromatic carbocycles. The zero-order chi connectivity index (χ0) is 20.0. The van der Waals surface area contributed by atoms with Crippen LogP contribution in [0.25, 0.3) is 0 Å². The fraction of sp³-hybridized carbons (Fsp3) is 0.389. The van der Waals surface area contributed by atoms with E-state index in [2.05, 4.69) is 15.2 Å². The first kappa shape index (κ1) is 20.3. The molecule has 2 aromatic rings. The molecule has 0 aliphatic heterocycles. The number of nitrogens with one attached hydrogen (secondary N) is 1. The van der Waals surface area contributed by atoms with Gasteiger partial charge in [0, 0.05) is 24.8 Å². The van der Waals surface area contributed by atoms with Gasteiger partial charge < -0.3 is 14.8 Å². The van der Waals surface area contributed by atoms with Crippen LogP contribution < -0.4 is 10.1 Å². The van der Waals surface area contributed by atoms with Gasteiger partial charge in [-0.25, -0.2) is 0 Å². The predicted molar refractivity (Wildman–Crippen MR) is 93.7 cm³/mol. The van der Waals surface area contributed by atoms with Crippen molar-refractivity contribution in [2.75, 3.05) is 11.9 Å². The van der Waals surface area contributed by atoms with Crippen molar-refractivity contribution in [3.05, 3.63) is 41.2 Å². The number of rotatable bonds is 8. The molecule has 0 saturated heterocycles. The number of hydrogen-bond donors (Lipinski definition) is 1. The topological polar surface area (TPSA) is 82.5 Å². The van der Waals surface area contributed by atoms with E-state index in [0.717, 1.165) is 17.0 Å². The number of hydrogen-bond acceptors (Lipinski definition) is 5. The Labute approximate surface area is 155 Å². The number of alkyl halides is 2. The zero-order valence-corrected chi connectivity index (χ0v) is 15.3. The van der Waals surface area contributed by atoms with Gasteiger partial charge in [0.2, 0.25) is 0 Å². The third-order valence-corrected chi connectivity index (χ3v) is 3.97. The Bertz CT molecular complexity index is 804. The van der Waals surface area contributed by atoms with Gasteiger partial charge in [0.05, 0.1) is 5.69 Å². The summed E-state index contributed by atoms with van der Waals surface area (Å²) in [6, 6.07) is 5.41. The maximum Gasteiger partial charge on any atom is 0.387 e. The molecule has 1 N–H and O–H groups in total. The fourth-order valence-electron chi connectivity index (χ4n) is 2.54. The Morgan fingerprint density at radius 2 is 1.89 bits per heavy atom. The normalized spacial score (nSPS) is 10.7. The van der Waals surface area contributed by atoms with E-state index in [0.29, 0.717) is 12.1 Å². The minimum atomic E-state index is -2.91. The number of carbonyl (C=O) groups excluding carboxylic acids is 2. The summed E-state index contributed by atoms with van der Waals surface area (Å²) in [7, 11) is 1.83. The molecule has 9 heteroatoms. The van der Waals surface area contributed by atoms with Gasteiger partial charge in [0.15, 0.2) is 6.61 Å². The maximum absolute atomic E-state index is 12.1. The molecular formula is C18H21F2N3O4. The third-order valence-electron chi connectivity index (χ3n) is 3.97. The van der Waals surface area contributed by atoms with Crippen LogP contribution in [0.3, 0.4) is 0 Å². The highest BCUT2D eigenvalue weighted by Crippen LogP contribution is 2.18. The molecule has 2 rings (SSSR count). The van der Waals surface area contributed by atoms with Crippen molar-refractivity contribution in [1.82, 2.24) is 9.78 Å². The Morgan fingerprint density at radius 1 is 1.22 bits per heavy atom. The van der Waals surface area contributed by atoms with Crippen LogP contribution in [-0.4, -0.2) is 34.9 Å². The van der Waals surface area contributed by atoms with E-state index in [4.69, 9.17) is 4.74 Å². The second kappa shape index (κ2) is 9.11. The number of halogens is 2. The molecule has 1 amide bonds. The van der Waals surface area contributed by atoms with Gasteiger partial charge in [-0.3, -0.25) is 14.3 Å². The highest BCUT2D eigenvalue weighted by Gasteiger charge is 2.13. The van der Waals surface area contributed by atoms with Crippen LogP contribution in [0, 0.1) is 13.8 Å². The first-order chi connectivity index (χ1) is 12.8. The van der Waals surface area contributed by atoms with Crippen LogP contribution in [0.4, 0.5) is 14.5 Å². The molecule has 0 atom stereocenters. The summed E-state index contributed by atoms with van der Waals surface area (Å²) >= 11 is 0. The monoisotopic (exact) mass is 381 g/mol. The van der Waals surface area contributed by atoms with Gasteiger partial charge in [-0.2, -0.15) is 13.9 Å². The van der Waals surface area contributed by atoms with Crippen molar-refractivity contribution in [2.45, 2.75) is 33.3 Å². The van der Waals surface area contributed by atoms with Gasteiger partial charge in [0.25, 0.3) is 5.91 Å². The molecule has 146 valence electrons. The maximum atomic E-state index is 12.1. The molecule has 0 fully saturated rings. The average molecular weight is 381 g/mol. The molecule has 1 heterocycles. The van der Waals surface area contributed by atoms with E-state index in [9.17, 15) is 18.4 Å². The van der Waals surface area contributed by atoms with Crippen LogP contribution in [-0.2, 0) is 27.8 Å². The second-order valence-corrected chi connectivity index (χ2v) is 5.88. The summed E-state index contributed by atoms with van der Waals surface area (Å²) in [4.78, 5) is 23.6. The number of aryl methyl sites for hydroxylation is 2. The number of esters is 1. The number of ether oxygens (including phenoxy) is 2. The highest BCUT2D eigenvalue weighted by atomic mass is 19.3. The van der Waals surface area contributed by atoms with Crippen LogP contribution in [0.2, 0.25) is 0 Å². The second-order valence-electron chi connectivity index (χ2n) is 5.88. The summed E-state index contributed by atoms with van der Waals surface area (Å²) in [6.45, 7) is 0.452. The number of anilines is 1. The Kier molecular flexibility index (Phi) is 6.86. The molecule has 27 heavy (non-hydrogen) atoms. The van der Waals surface area contributed by atoms with E-state index in [1.807, 2.05) is 20.9 Å². The number of amides is 1. The molecule has 0 saturated carbocycles. The van der Waals surface area contributed by atoms with Crippen LogP contribution in [0.5, 0.6) is 5.75 Å². The van der Waals surface area contributed by atoms with Gasteiger partial charge in [-0.05, 0) is 50.1 Å². The van der Waals surface area contributed by atoms with Crippen LogP contribution >= 0.6 is 0 Å². The summed E-state index contributed by atoms with van der Waals surface area (Å²) in [6.07, 6.45) is 0.623. The molecule has 0 aliphatic rings. The fourth-order valence-corrected chi connectivity index (χ4v) is 2.54. The first-order valence-corrected chi connectivity index (χ1v) is 8.25. The van der Waals surface area contributed by atoms with Gasteiger partial charge in [-0.1, -0.05) is 0 Å². The lowest BCUT2D eigenvalue weighted by atomic mass is 10.1. The molecule has 0 bridgehead atoms. The van der Waals surface area contributed by atoms with Crippen LogP contribution in [0.15, 0.2) is 24.3 Å². The minimum absolute atomic E-state index is 0.0181. The molecular weight excluding hydrogens is 360 g/mol. The van der Waals surface area contributed by atoms with Crippen molar-refractivity contribution >= 4 is 17.6 Å². The number of nitrogens with zero attached hydrogens (tertiary/aromatic N) is 2. The van der Waals surface area contributed by atoms with E-state index in [1.54, 1.807) is 4.68 Å². The Hall–Kier alpha value is -2.97. The van der Waals surface area contributed by atoms with Crippen molar-refractivity contribution in [3.63, 3.8) is 0 Å². The lowest BCUT2D eigenvalue weighted by Crippen LogP contribution is -2.21. The van der Waals surface area contributed by atoms with E-state index in [1.165, 1.54) is 24.3 Å². The molecule has 0 aliphatic carbocycles. The average Bonchev–Trinajstić information content (AvgIpc) is 2.84. The predicted octanol–water partition coefficient (Wildman–Crippen LogP) is 2.75. The minimum Gasteiger partial charge on any atom is -0.456 e. The van der Waals surface area contributed by atoms with E-state index < -0.39 is 25.1 Å². The number of aromatic nitrogens is 2. The number of carbonyl (C=O) groups is 2. The SMILES string of the molecule is Cc1nn(C)c(C)c1CCC(=O)OCC(=O)Nc1ccc(OC(F)F)cc1. The standard InChI is InChI=1S/C18H21F2N3O4/c1-11-15(12(2)23(3)22-11)8-9-17(25)26-10-16(24)21-13-4-6-14(7-5-13)27-18(19)20/h4-7,18H,8-10H2,1-3H3,(H,21,24). The summed E-state index contributed by atoms with van der Waals surface area (Å²) < 4.78 is 35.1. The Morgan fingerprint density at radius 3 is 2.44 bits per heavy atom. The summed E-state index contributed by atoms with van der Waals surface area (Å²) in [5, 5.41) is 6.78. The molecule has 0 unspecified atom stereocenters. The Balaban J connectivity index is 1.75. The van der Waals surface area contributed by atoms with E-state index >= 15 is 0 Å². The molecule has 1 aromatic heterocycles. The van der Waals surface area contributed by atoms with Gasteiger partial charge >= 0.3 is 12.6 Å². The first-order valence-electron chi connectivity index (χ1n) is 8.25. The van der Waals surface area contributed by atoms with Gasteiger partial charge in [0.1, 0.15) is 5.75 Å². The smallest absolute Gasteiger partial charge is 0.387 e. The highest BCUT2D eigenvalue weighted by molar-refractivity contribution is 5.92. The van der Waals surface area contributed by atoms with Crippen molar-refractivity contribution in [2.24, 2.45) is 7.05 Å². The van der Waals surface area contributed by atoms with Crippen molar-refractivity contribution in [1.29, 1.82) is 0 Å². The largest absolute Gasteiger partial charge is 0.456 e. The van der Waals surface area contributed by atoms with Gasteiger partial charge in [-0.15, -0.1) is 0 Å². The lowest BCUT2D eigenvalue weighted by molar-refractivity contribution is -0.147. The van der Waals surface area contributed by atoms with Crippen molar-refractivity contribution in [3.8, 4) is 5.75 Å². The van der Waals surface area contributed by atoms with E-state index in [-0.39, 0.29) is 12.2 Å². The number of benzene rings is 1. The third kappa shape index (κ3) is 6.05. The summed E-state index contributed by atoms with van der Waals surface area (Å²) in [5.74, 6) is -1.04. The zero-order valence-electron chi connectivity index (χ0n) is 15.3. The quantitative estimate of drug-likeness (QED) is 0.711. The molecule has 7 nitrogen and oxygen atoms in total. The van der Waals surface area contributed by atoms with Crippen LogP contribution in [0.1, 0.15) is 23.4 Å². The lowest BCUT2D eigenvalue weighted by Gasteiger charge is -2.08.